The van der Waals surface area contributed by atoms with E-state index in [1.165, 1.54) is 37.2 Å². The maximum atomic E-state index is 12.2. The summed E-state index contributed by atoms with van der Waals surface area (Å²) in [6.07, 6.45) is 6.68. The van der Waals surface area contributed by atoms with E-state index in [2.05, 4.69) is 95.6 Å². The van der Waals surface area contributed by atoms with Crippen LogP contribution in [-0.4, -0.2) is 20.4 Å². The van der Waals surface area contributed by atoms with Gasteiger partial charge in [-0.3, -0.25) is 9.78 Å². The summed E-state index contributed by atoms with van der Waals surface area (Å²) in [6, 6.07) is 33.8. The summed E-state index contributed by atoms with van der Waals surface area (Å²) >= 11 is 1.83. The van der Waals surface area contributed by atoms with Gasteiger partial charge in [0.25, 0.3) is 0 Å². The van der Waals surface area contributed by atoms with Gasteiger partial charge in [0.2, 0.25) is 0 Å². The van der Waals surface area contributed by atoms with Crippen LogP contribution in [0.4, 0.5) is 0 Å². The number of aliphatic hydroxyl groups excluding tert-OH is 1. The molecule has 0 amide bonds. The van der Waals surface area contributed by atoms with Crippen molar-refractivity contribution in [3.63, 3.8) is 0 Å². The van der Waals surface area contributed by atoms with Crippen molar-refractivity contribution in [1.82, 2.24) is 9.55 Å². The molecule has 1 radical (unpaired) electrons. The predicted octanol–water partition coefficient (Wildman–Crippen LogP) is 12.1. The third kappa shape index (κ3) is 6.22. The van der Waals surface area contributed by atoms with E-state index in [0.29, 0.717) is 0 Å². The number of fused-ring (bicyclic) bond motifs is 3. The fraction of sp³-hybridized carbons (Fsp3) is 0.286. The number of pyridine rings is 1. The zero-order valence-corrected chi connectivity index (χ0v) is 31.8. The van der Waals surface area contributed by atoms with Crippen LogP contribution in [0.2, 0.25) is 0 Å². The number of para-hydroxylation sites is 1. The molecule has 3 heterocycles. The number of thiophene rings is 1. The zero-order chi connectivity index (χ0) is 33.3. The van der Waals surface area contributed by atoms with Crippen molar-refractivity contribution < 1.29 is 30.0 Å². The minimum atomic E-state index is -0.337. The van der Waals surface area contributed by atoms with E-state index >= 15 is 0 Å². The molecule has 0 unspecified atom stereocenters. The molecule has 7 aromatic rings. The molecule has 0 aliphatic carbocycles. The van der Waals surface area contributed by atoms with Crippen LogP contribution in [-0.2, 0) is 24.9 Å². The second-order valence-electron chi connectivity index (χ2n) is 13.0. The minimum Gasteiger partial charge on any atom is -0.512 e. The third-order valence-electron chi connectivity index (χ3n) is 10.5. The first kappa shape index (κ1) is 35.5. The monoisotopic (exact) mass is 832 g/mol. The quantitative estimate of drug-likeness (QED) is 0.0943. The largest absolute Gasteiger partial charge is 0.512 e. The van der Waals surface area contributed by atoms with Gasteiger partial charge in [0.1, 0.15) is 5.76 Å². The number of hydrogen-bond donors (Lipinski definition) is 1. The summed E-state index contributed by atoms with van der Waals surface area (Å²) in [6.45, 7) is 12.1. The van der Waals surface area contributed by atoms with E-state index in [9.17, 15) is 9.90 Å². The average molecular weight is 832 g/mol. The molecule has 3 aromatic heterocycles. The van der Waals surface area contributed by atoms with Crippen molar-refractivity contribution in [1.29, 1.82) is 0 Å². The first-order chi connectivity index (χ1) is 22.7. The van der Waals surface area contributed by atoms with E-state index in [1.807, 2.05) is 59.1 Å². The molecule has 0 saturated heterocycles. The van der Waals surface area contributed by atoms with Gasteiger partial charge in [-0.15, -0.1) is 28.9 Å². The summed E-state index contributed by atoms with van der Waals surface area (Å²) in [5.41, 5.74) is 3.87. The first-order valence-electron chi connectivity index (χ1n) is 16.7. The Labute approximate surface area is 300 Å². The number of nitrogens with zero attached hydrogens (tertiary/aromatic N) is 2. The molecule has 48 heavy (non-hydrogen) atoms. The summed E-state index contributed by atoms with van der Waals surface area (Å²) in [7, 11) is 0. The second-order valence-corrected chi connectivity index (χ2v) is 14.1. The molecule has 4 aromatic carbocycles. The van der Waals surface area contributed by atoms with E-state index < -0.39 is 0 Å². The molecular weight excluding hydrogens is 789 g/mol. The van der Waals surface area contributed by atoms with Gasteiger partial charge in [0.05, 0.1) is 0 Å². The molecule has 0 saturated carbocycles. The molecule has 0 atom stereocenters. The topological polar surface area (TPSA) is 55.1 Å². The van der Waals surface area contributed by atoms with Gasteiger partial charge in [-0.25, -0.2) is 0 Å². The number of allylic oxidation sites excluding steroid dienone is 2. The van der Waals surface area contributed by atoms with Crippen molar-refractivity contribution in [2.45, 2.75) is 67.2 Å². The van der Waals surface area contributed by atoms with Crippen LogP contribution in [0, 0.1) is 16.9 Å². The number of rotatable bonds is 8. The third-order valence-corrected chi connectivity index (χ3v) is 11.6. The Morgan fingerprint density at radius 3 is 2.15 bits per heavy atom. The minimum absolute atomic E-state index is 0. The summed E-state index contributed by atoms with van der Waals surface area (Å²) < 4.78 is 4.92. The van der Waals surface area contributed by atoms with Crippen molar-refractivity contribution >= 4 is 70.0 Å². The Hall–Kier alpha value is -3.83. The number of aromatic nitrogens is 2. The maximum absolute atomic E-state index is 12.2. The summed E-state index contributed by atoms with van der Waals surface area (Å²) in [4.78, 5) is 17.1. The number of ketones is 1. The average Bonchev–Trinajstić information content (AvgIpc) is 3.45. The Bertz CT molecular complexity index is 2260. The Kier molecular flexibility index (Phi) is 10.6. The molecule has 0 aliphatic heterocycles. The van der Waals surface area contributed by atoms with E-state index in [-0.39, 0.29) is 42.5 Å². The van der Waals surface area contributed by atoms with Gasteiger partial charge in [-0.1, -0.05) is 101 Å². The number of carbonyl (C=O) groups excluding carboxylic acids is 1. The van der Waals surface area contributed by atoms with Gasteiger partial charge in [0, 0.05) is 74.7 Å². The van der Waals surface area contributed by atoms with Crippen LogP contribution < -0.4 is 0 Å². The molecule has 6 heteroatoms. The molecule has 0 fully saturated rings. The Balaban J connectivity index is 0.000000218. The van der Waals surface area contributed by atoms with Crippen molar-refractivity contribution in [2.24, 2.45) is 10.8 Å². The van der Waals surface area contributed by atoms with Gasteiger partial charge >= 0.3 is 0 Å². The van der Waals surface area contributed by atoms with Gasteiger partial charge in [-0.05, 0) is 66.9 Å². The number of aliphatic hydroxyl groups is 1. The number of carbonyl (C=O) groups is 1. The molecule has 249 valence electrons. The molecule has 7 rings (SSSR count). The molecule has 0 bridgehead atoms. The van der Waals surface area contributed by atoms with Gasteiger partial charge in [-0.2, -0.15) is 0 Å². The van der Waals surface area contributed by atoms with Gasteiger partial charge < -0.3 is 9.67 Å². The Morgan fingerprint density at radius 1 is 0.812 bits per heavy atom. The van der Waals surface area contributed by atoms with E-state index in [1.54, 1.807) is 0 Å². The first-order valence-corrected chi connectivity index (χ1v) is 17.6. The number of benzene rings is 4. The fourth-order valence-electron chi connectivity index (χ4n) is 6.30. The second kappa shape index (κ2) is 14.3. The molecule has 0 spiro atoms. The van der Waals surface area contributed by atoms with Crippen molar-refractivity contribution in [2.75, 3.05) is 0 Å². The van der Waals surface area contributed by atoms with Crippen LogP contribution in [0.5, 0.6) is 0 Å². The summed E-state index contributed by atoms with van der Waals surface area (Å²) in [5.74, 6) is 0.286. The Morgan fingerprint density at radius 2 is 1.46 bits per heavy atom. The van der Waals surface area contributed by atoms with E-state index in [4.69, 9.17) is 4.98 Å². The van der Waals surface area contributed by atoms with E-state index in [0.717, 1.165) is 53.2 Å². The molecule has 1 N–H and O–H groups in total. The maximum Gasteiger partial charge on any atom is 0.164 e. The van der Waals surface area contributed by atoms with Crippen molar-refractivity contribution in [3.05, 3.63) is 109 Å². The standard InChI is InChI=1S/C27H15N2S.C15H28O2.Ir/c1-2-9-19(10-3-1)29-21-11-6-12-23-25(21)26-24(30-23)13-14-28-27(26)20-15-17-7-4-5-8-18(17)16-22(20)29;1-7-14(5,8-2)12(16)11-13(17)15(6,9-3)10-4;/h1-14,16H;11,16H,7-10H2,1-6H3;/q-1;;/b;12-11-;. The smallest absolute Gasteiger partial charge is 0.164 e. The van der Waals surface area contributed by atoms with Crippen LogP contribution in [0.1, 0.15) is 67.2 Å². The SMILES string of the molecule is CCC(C)(CC)C(=O)/C=C(\O)C(C)(CC)CC.[Ir].[c-]1c2ccccc2cc2c1c1nccc3sc4cccc(c4c31)n2-c1ccccc1. The molecule has 4 nitrogen and oxygen atoms in total. The zero-order valence-electron chi connectivity index (χ0n) is 28.6. The number of hydrogen-bond acceptors (Lipinski definition) is 4. The van der Waals surface area contributed by atoms with Crippen LogP contribution in [0.3, 0.4) is 0 Å². The summed E-state index contributed by atoms with van der Waals surface area (Å²) in [5, 5.41) is 16.0. The van der Waals surface area contributed by atoms with Gasteiger partial charge in [0.15, 0.2) is 5.78 Å². The van der Waals surface area contributed by atoms with Crippen LogP contribution in [0.25, 0.3) is 58.6 Å². The van der Waals surface area contributed by atoms with Crippen molar-refractivity contribution in [3.8, 4) is 5.69 Å². The fourth-order valence-corrected chi connectivity index (χ4v) is 7.42. The van der Waals surface area contributed by atoms with Crippen LogP contribution >= 0.6 is 11.3 Å². The van der Waals surface area contributed by atoms with Crippen LogP contribution in [0.15, 0.2) is 103 Å². The predicted molar refractivity (Wildman–Crippen MR) is 201 cm³/mol. The normalized spacial score (nSPS) is 12.4. The molecular formula is C42H43IrN2O2S-. The molecule has 0 aliphatic rings.